The molecule has 2 heterocycles. The highest BCUT2D eigenvalue weighted by Gasteiger charge is 2.31. The summed E-state index contributed by atoms with van der Waals surface area (Å²) in [6.45, 7) is 4.47. The zero-order valence-corrected chi connectivity index (χ0v) is 17.4. The molecule has 1 aliphatic carbocycles. The lowest BCUT2D eigenvalue weighted by Crippen LogP contribution is -2.55. The summed E-state index contributed by atoms with van der Waals surface area (Å²) in [7, 11) is 1.79. The minimum absolute atomic E-state index is 0. The maximum atomic E-state index is 12.4. The average molecular weight is 466 g/mol. The van der Waals surface area contributed by atoms with Crippen molar-refractivity contribution in [2.24, 2.45) is 10.9 Å². The third-order valence-corrected chi connectivity index (χ3v) is 5.45. The van der Waals surface area contributed by atoms with Crippen LogP contribution in [0.15, 0.2) is 4.99 Å². The Labute approximate surface area is 167 Å². The number of ether oxygens (including phenoxy) is 1. The van der Waals surface area contributed by atoms with Gasteiger partial charge >= 0.3 is 0 Å². The quantitative estimate of drug-likeness (QED) is 0.363. The molecule has 3 atom stereocenters. The minimum Gasteiger partial charge on any atom is -0.393 e. The summed E-state index contributed by atoms with van der Waals surface area (Å²) in [6.07, 6.45) is 4.53. The summed E-state index contributed by atoms with van der Waals surface area (Å²) in [5.74, 6) is 1.34. The maximum absolute atomic E-state index is 12.4. The van der Waals surface area contributed by atoms with Crippen molar-refractivity contribution in [3.8, 4) is 0 Å². The Hall–Kier alpha value is -0.610. The lowest BCUT2D eigenvalue weighted by Gasteiger charge is -2.37. The smallest absolute Gasteiger partial charge is 0.251 e. The van der Waals surface area contributed by atoms with Gasteiger partial charge in [0.1, 0.15) is 6.10 Å². The first-order valence-electron chi connectivity index (χ1n) is 9.23. The van der Waals surface area contributed by atoms with E-state index in [1.807, 2.05) is 4.90 Å². The minimum atomic E-state index is -0.224. The molecule has 3 rings (SSSR count). The van der Waals surface area contributed by atoms with E-state index in [-0.39, 0.29) is 42.1 Å². The summed E-state index contributed by atoms with van der Waals surface area (Å²) in [5.41, 5.74) is 0. The van der Waals surface area contributed by atoms with Gasteiger partial charge in [0.25, 0.3) is 5.91 Å². The van der Waals surface area contributed by atoms with E-state index in [4.69, 9.17) is 4.74 Å². The van der Waals surface area contributed by atoms with Crippen LogP contribution in [0, 0.1) is 5.92 Å². The zero-order valence-electron chi connectivity index (χ0n) is 15.0. The van der Waals surface area contributed by atoms with Crippen LogP contribution in [0.2, 0.25) is 0 Å². The molecule has 144 valence electrons. The van der Waals surface area contributed by atoms with Crippen molar-refractivity contribution in [1.82, 2.24) is 15.1 Å². The Kier molecular flexibility index (Phi) is 8.21. The summed E-state index contributed by atoms with van der Waals surface area (Å²) in [6, 6.07) is 0. The number of amides is 1. The number of nitrogens with one attached hydrogen (secondary N) is 1. The Morgan fingerprint density at radius 2 is 1.88 bits per heavy atom. The van der Waals surface area contributed by atoms with Gasteiger partial charge in [0.2, 0.25) is 0 Å². The maximum Gasteiger partial charge on any atom is 0.251 e. The van der Waals surface area contributed by atoms with Crippen LogP contribution in [0.1, 0.15) is 32.1 Å². The van der Waals surface area contributed by atoms with Crippen LogP contribution in [0.5, 0.6) is 0 Å². The Balaban J connectivity index is 0.00000225. The molecule has 0 aromatic carbocycles. The predicted octanol–water partition coefficient (Wildman–Crippen LogP) is 0.664. The highest BCUT2D eigenvalue weighted by Crippen LogP contribution is 2.24. The van der Waals surface area contributed by atoms with Gasteiger partial charge < -0.3 is 25.0 Å². The van der Waals surface area contributed by atoms with Crippen molar-refractivity contribution in [1.29, 1.82) is 0 Å². The van der Waals surface area contributed by atoms with Crippen LogP contribution < -0.4 is 5.32 Å². The number of hydrogen-bond donors (Lipinski definition) is 2. The molecule has 3 fully saturated rings. The molecule has 0 aromatic rings. The SMILES string of the molecule is CN=C(NCC1CCCC1O)N1CCN(C(=O)C2CCCO2)CC1.I. The highest BCUT2D eigenvalue weighted by atomic mass is 127. The van der Waals surface area contributed by atoms with E-state index in [0.29, 0.717) is 25.6 Å². The summed E-state index contributed by atoms with van der Waals surface area (Å²) >= 11 is 0. The first-order valence-corrected chi connectivity index (χ1v) is 9.23. The van der Waals surface area contributed by atoms with E-state index in [1.54, 1.807) is 7.05 Å². The summed E-state index contributed by atoms with van der Waals surface area (Å²) < 4.78 is 5.50. The molecule has 0 radical (unpaired) electrons. The van der Waals surface area contributed by atoms with Gasteiger partial charge in [0.15, 0.2) is 5.96 Å². The molecule has 25 heavy (non-hydrogen) atoms. The molecule has 7 nitrogen and oxygen atoms in total. The van der Waals surface area contributed by atoms with Gasteiger partial charge in [-0.15, -0.1) is 24.0 Å². The molecule has 2 N–H and O–H groups in total. The molecule has 0 aromatic heterocycles. The average Bonchev–Trinajstić information content (AvgIpc) is 3.27. The van der Waals surface area contributed by atoms with E-state index < -0.39 is 0 Å². The molecule has 8 heteroatoms. The van der Waals surface area contributed by atoms with Crippen LogP contribution in [0.3, 0.4) is 0 Å². The van der Waals surface area contributed by atoms with Crippen molar-refractivity contribution >= 4 is 35.8 Å². The van der Waals surface area contributed by atoms with Gasteiger partial charge in [-0.05, 0) is 25.7 Å². The largest absolute Gasteiger partial charge is 0.393 e. The number of halogens is 1. The van der Waals surface area contributed by atoms with Crippen LogP contribution in [-0.2, 0) is 9.53 Å². The second kappa shape index (κ2) is 9.91. The van der Waals surface area contributed by atoms with Crippen molar-refractivity contribution in [3.63, 3.8) is 0 Å². The number of piperazine rings is 1. The summed E-state index contributed by atoms with van der Waals surface area (Å²) in [5, 5.41) is 13.3. The standard InChI is InChI=1S/C17H30N4O3.HI/c1-18-17(19-12-13-4-2-5-14(13)22)21-9-7-20(8-10-21)16(23)15-6-3-11-24-15;/h13-15,22H,2-12H2,1H3,(H,18,19);1H. The van der Waals surface area contributed by atoms with Crippen molar-refractivity contribution in [2.75, 3.05) is 46.4 Å². The van der Waals surface area contributed by atoms with Gasteiger partial charge in [-0.25, -0.2) is 0 Å². The number of guanidine groups is 1. The zero-order chi connectivity index (χ0) is 16.9. The molecular formula is C17H31IN4O3. The molecule has 0 bridgehead atoms. The lowest BCUT2D eigenvalue weighted by molar-refractivity contribution is -0.142. The van der Waals surface area contributed by atoms with Crippen LogP contribution >= 0.6 is 24.0 Å². The monoisotopic (exact) mass is 466 g/mol. The third kappa shape index (κ3) is 5.19. The number of rotatable bonds is 3. The van der Waals surface area contributed by atoms with Crippen molar-refractivity contribution in [3.05, 3.63) is 0 Å². The fourth-order valence-corrected chi connectivity index (χ4v) is 3.92. The fraction of sp³-hybridized carbons (Fsp3) is 0.882. The molecule has 1 saturated carbocycles. The van der Waals surface area contributed by atoms with Crippen LogP contribution in [0.25, 0.3) is 0 Å². The second-order valence-electron chi connectivity index (χ2n) is 7.00. The van der Waals surface area contributed by atoms with Crippen molar-refractivity contribution in [2.45, 2.75) is 44.3 Å². The lowest BCUT2D eigenvalue weighted by atomic mass is 10.1. The van der Waals surface area contributed by atoms with E-state index in [0.717, 1.165) is 57.7 Å². The normalized spacial score (nSPS) is 30.3. The Bertz CT molecular complexity index is 463. The van der Waals surface area contributed by atoms with E-state index in [2.05, 4.69) is 15.2 Å². The first-order chi connectivity index (χ1) is 11.7. The first kappa shape index (κ1) is 20.7. The number of hydrogen-bond acceptors (Lipinski definition) is 4. The Morgan fingerprint density at radius 1 is 1.16 bits per heavy atom. The number of aliphatic imine (C=N–C) groups is 1. The number of carbonyl (C=O) groups is 1. The van der Waals surface area contributed by atoms with Gasteiger partial charge in [0.05, 0.1) is 6.10 Å². The highest BCUT2D eigenvalue weighted by molar-refractivity contribution is 14.0. The van der Waals surface area contributed by atoms with Crippen molar-refractivity contribution < 1.29 is 14.6 Å². The molecule has 1 amide bonds. The summed E-state index contributed by atoms with van der Waals surface area (Å²) in [4.78, 5) is 20.9. The van der Waals surface area contributed by atoms with Gasteiger partial charge in [-0.3, -0.25) is 9.79 Å². The molecule has 2 aliphatic heterocycles. The van der Waals surface area contributed by atoms with E-state index >= 15 is 0 Å². The fourth-order valence-electron chi connectivity index (χ4n) is 3.92. The number of carbonyl (C=O) groups excluding carboxylic acids is 1. The van der Waals surface area contributed by atoms with Crippen LogP contribution in [0.4, 0.5) is 0 Å². The molecule has 3 aliphatic rings. The number of aliphatic hydroxyl groups excluding tert-OH is 1. The molecule has 3 unspecified atom stereocenters. The number of nitrogens with zero attached hydrogens (tertiary/aromatic N) is 3. The predicted molar refractivity (Wildman–Crippen MR) is 107 cm³/mol. The topological polar surface area (TPSA) is 77.4 Å². The second-order valence-corrected chi connectivity index (χ2v) is 7.00. The van der Waals surface area contributed by atoms with Gasteiger partial charge in [-0.1, -0.05) is 6.42 Å². The number of aliphatic hydroxyl groups is 1. The van der Waals surface area contributed by atoms with E-state index in [1.165, 1.54) is 0 Å². The molecule has 2 saturated heterocycles. The van der Waals surface area contributed by atoms with E-state index in [9.17, 15) is 9.90 Å². The molecule has 0 spiro atoms. The third-order valence-electron chi connectivity index (χ3n) is 5.45. The van der Waals surface area contributed by atoms with Crippen LogP contribution in [-0.4, -0.2) is 85.4 Å². The van der Waals surface area contributed by atoms with Gasteiger partial charge in [0, 0.05) is 52.3 Å². The molecular weight excluding hydrogens is 435 g/mol. The Morgan fingerprint density at radius 3 is 2.44 bits per heavy atom. The van der Waals surface area contributed by atoms with Gasteiger partial charge in [-0.2, -0.15) is 0 Å².